The fourth-order valence-electron chi connectivity index (χ4n) is 3.55. The number of aryl methyl sites for hydroxylation is 1. The lowest BCUT2D eigenvalue weighted by Gasteiger charge is -2.28. The highest BCUT2D eigenvalue weighted by Crippen LogP contribution is 2.21. The average molecular weight is 362 g/mol. The minimum atomic E-state index is 0.0489. The second-order valence-electron chi connectivity index (χ2n) is 7.34. The third-order valence-corrected chi connectivity index (χ3v) is 5.30. The molecule has 3 aromatic rings. The Labute approximate surface area is 159 Å². The first-order valence-electron chi connectivity index (χ1n) is 9.26. The molecule has 27 heavy (non-hydrogen) atoms. The molecular formula is C19H23BN6O. The number of amides is 1. The largest absolute Gasteiger partial charge is 0.311 e. The zero-order valence-corrected chi connectivity index (χ0v) is 15.9. The van der Waals surface area contributed by atoms with Crippen LogP contribution in [0.4, 0.5) is 5.82 Å². The van der Waals surface area contributed by atoms with E-state index in [0.29, 0.717) is 5.82 Å². The Balaban J connectivity index is 1.61. The van der Waals surface area contributed by atoms with Gasteiger partial charge in [0.05, 0.1) is 17.4 Å². The van der Waals surface area contributed by atoms with Gasteiger partial charge in [-0.05, 0) is 50.6 Å². The van der Waals surface area contributed by atoms with Gasteiger partial charge < -0.3 is 10.2 Å². The number of pyridine rings is 2. The highest BCUT2D eigenvalue weighted by Gasteiger charge is 2.24. The zero-order chi connectivity index (χ0) is 19.0. The maximum atomic E-state index is 12.7. The Bertz CT molecular complexity index is 993. The number of carbonyl (C=O) groups excluding carboxylic acids is 1. The van der Waals surface area contributed by atoms with E-state index in [-0.39, 0.29) is 11.8 Å². The summed E-state index contributed by atoms with van der Waals surface area (Å²) in [6.07, 6.45) is 7.28. The normalized spacial score (nSPS) is 15.9. The van der Waals surface area contributed by atoms with E-state index < -0.39 is 0 Å². The fourth-order valence-corrected chi connectivity index (χ4v) is 3.55. The number of carbonyl (C=O) groups is 1. The van der Waals surface area contributed by atoms with Gasteiger partial charge in [-0.3, -0.25) is 9.48 Å². The monoisotopic (exact) mass is 362 g/mol. The molecular weight excluding hydrogens is 339 g/mol. The van der Waals surface area contributed by atoms with Crippen molar-refractivity contribution in [3.63, 3.8) is 0 Å². The van der Waals surface area contributed by atoms with E-state index in [4.69, 9.17) is 4.98 Å². The Morgan fingerprint density at radius 2 is 2.00 bits per heavy atom. The van der Waals surface area contributed by atoms with Crippen LogP contribution in [-0.4, -0.2) is 58.5 Å². The molecule has 0 bridgehead atoms. The number of rotatable bonds is 3. The van der Waals surface area contributed by atoms with Crippen molar-refractivity contribution in [2.24, 2.45) is 13.0 Å². The topological polar surface area (TPSA) is 75.9 Å². The minimum Gasteiger partial charge on any atom is -0.311 e. The smallest absolute Gasteiger partial charge is 0.228 e. The quantitative estimate of drug-likeness (QED) is 0.690. The molecule has 0 unspecified atom stereocenters. The van der Waals surface area contributed by atoms with E-state index in [0.717, 1.165) is 53.6 Å². The molecule has 1 N–H and O–H groups in total. The summed E-state index contributed by atoms with van der Waals surface area (Å²) in [6, 6.07) is 3.98. The van der Waals surface area contributed by atoms with Crippen molar-refractivity contribution in [2.45, 2.75) is 12.8 Å². The van der Waals surface area contributed by atoms with Crippen LogP contribution in [0.2, 0.25) is 0 Å². The molecule has 1 fully saturated rings. The number of anilines is 1. The van der Waals surface area contributed by atoms with Crippen LogP contribution in [0.5, 0.6) is 0 Å². The molecule has 1 aliphatic heterocycles. The summed E-state index contributed by atoms with van der Waals surface area (Å²) < 4.78 is 1.76. The molecule has 0 spiro atoms. The summed E-state index contributed by atoms with van der Waals surface area (Å²) in [7, 11) is 5.94. The highest BCUT2D eigenvalue weighted by molar-refractivity contribution is 6.41. The molecule has 4 heterocycles. The Hall–Kier alpha value is -2.74. The van der Waals surface area contributed by atoms with E-state index in [2.05, 4.69) is 27.3 Å². The van der Waals surface area contributed by atoms with Crippen LogP contribution >= 0.6 is 0 Å². The van der Waals surface area contributed by atoms with Gasteiger partial charge in [-0.1, -0.05) is 0 Å². The molecule has 8 heteroatoms. The molecule has 1 aliphatic rings. The molecule has 3 aromatic heterocycles. The van der Waals surface area contributed by atoms with E-state index in [1.165, 1.54) is 0 Å². The summed E-state index contributed by atoms with van der Waals surface area (Å²) in [5.74, 6) is 0.705. The van der Waals surface area contributed by atoms with Crippen LogP contribution in [0.3, 0.4) is 0 Å². The van der Waals surface area contributed by atoms with Gasteiger partial charge in [0.15, 0.2) is 0 Å². The first-order chi connectivity index (χ1) is 13.0. The van der Waals surface area contributed by atoms with Crippen molar-refractivity contribution in [1.29, 1.82) is 0 Å². The van der Waals surface area contributed by atoms with E-state index in [1.807, 2.05) is 33.2 Å². The molecule has 0 saturated carbocycles. The van der Waals surface area contributed by atoms with Crippen molar-refractivity contribution in [3.05, 3.63) is 30.7 Å². The number of likely N-dealkylation sites (tertiary alicyclic amines) is 1. The van der Waals surface area contributed by atoms with Crippen molar-refractivity contribution < 1.29 is 4.79 Å². The van der Waals surface area contributed by atoms with Crippen molar-refractivity contribution in [3.8, 4) is 11.3 Å². The van der Waals surface area contributed by atoms with Gasteiger partial charge in [0, 0.05) is 36.3 Å². The number of nitrogens with one attached hydrogen (secondary N) is 1. The van der Waals surface area contributed by atoms with Crippen LogP contribution < -0.4 is 10.8 Å². The molecule has 0 radical (unpaired) electrons. The lowest BCUT2D eigenvalue weighted by molar-refractivity contribution is -0.121. The van der Waals surface area contributed by atoms with Gasteiger partial charge in [-0.15, -0.1) is 0 Å². The molecule has 138 valence electrons. The van der Waals surface area contributed by atoms with Crippen molar-refractivity contribution in [2.75, 3.05) is 25.5 Å². The lowest BCUT2D eigenvalue weighted by atomic mass is 9.92. The van der Waals surface area contributed by atoms with Gasteiger partial charge in [-0.25, -0.2) is 9.97 Å². The predicted octanol–water partition coefficient (Wildman–Crippen LogP) is 0.569. The van der Waals surface area contributed by atoms with Crippen molar-refractivity contribution >= 4 is 35.9 Å². The summed E-state index contributed by atoms with van der Waals surface area (Å²) in [4.78, 5) is 24.2. The van der Waals surface area contributed by atoms with E-state index in [1.54, 1.807) is 17.1 Å². The summed E-state index contributed by atoms with van der Waals surface area (Å²) in [5.41, 5.74) is 3.56. The first-order valence-corrected chi connectivity index (χ1v) is 9.26. The summed E-state index contributed by atoms with van der Waals surface area (Å²) >= 11 is 0. The van der Waals surface area contributed by atoms with Gasteiger partial charge in [-0.2, -0.15) is 5.10 Å². The maximum Gasteiger partial charge on any atom is 0.228 e. The van der Waals surface area contributed by atoms with Gasteiger partial charge >= 0.3 is 0 Å². The Kier molecular flexibility index (Phi) is 4.65. The number of piperidine rings is 1. The molecule has 0 aliphatic carbocycles. The molecule has 7 nitrogen and oxygen atoms in total. The number of hydrogen-bond acceptors (Lipinski definition) is 5. The third kappa shape index (κ3) is 3.57. The molecule has 0 atom stereocenters. The zero-order valence-electron chi connectivity index (χ0n) is 15.9. The fraction of sp³-hybridized carbons (Fsp3) is 0.368. The van der Waals surface area contributed by atoms with Crippen LogP contribution in [0.1, 0.15) is 12.8 Å². The molecule has 0 aromatic carbocycles. The van der Waals surface area contributed by atoms with Crippen LogP contribution in [0, 0.1) is 5.92 Å². The summed E-state index contributed by atoms with van der Waals surface area (Å²) in [5, 5.41) is 8.19. The second-order valence-corrected chi connectivity index (χ2v) is 7.34. The maximum absolute atomic E-state index is 12.7. The Morgan fingerprint density at radius 3 is 2.70 bits per heavy atom. The number of hydrogen-bond donors (Lipinski definition) is 1. The molecule has 4 rings (SSSR count). The van der Waals surface area contributed by atoms with Gasteiger partial charge in [0.1, 0.15) is 13.7 Å². The number of fused-ring (bicyclic) bond motifs is 1. The number of nitrogens with zero attached hydrogens (tertiary/aromatic N) is 5. The average Bonchev–Trinajstić information content (AvgIpc) is 3.11. The standard InChI is InChI=1S/C19H23BN6O/c1-25-7-5-12(6-8-25)19(27)24-18-16(20)17-13(9-21-18)3-4-15(23-17)14-10-22-26(2)11-14/h3-4,9-12H,5-8,20H2,1-2H3,(H,21,24,27). The minimum absolute atomic E-state index is 0.0489. The Morgan fingerprint density at radius 1 is 1.22 bits per heavy atom. The predicted molar refractivity (Wildman–Crippen MR) is 109 cm³/mol. The second kappa shape index (κ2) is 7.11. The summed E-state index contributed by atoms with van der Waals surface area (Å²) in [6.45, 7) is 1.91. The van der Waals surface area contributed by atoms with Crippen molar-refractivity contribution in [1.82, 2.24) is 24.6 Å². The van der Waals surface area contributed by atoms with Crippen LogP contribution in [-0.2, 0) is 11.8 Å². The molecule has 1 saturated heterocycles. The van der Waals surface area contributed by atoms with Crippen LogP contribution in [0.15, 0.2) is 30.7 Å². The van der Waals surface area contributed by atoms with E-state index >= 15 is 0 Å². The van der Waals surface area contributed by atoms with E-state index in [9.17, 15) is 4.79 Å². The lowest BCUT2D eigenvalue weighted by Crippen LogP contribution is -2.36. The SMILES string of the molecule is Bc1c(NC(=O)C2CCN(C)CC2)ncc2ccc(-c3cnn(C)c3)nc12. The van der Waals surface area contributed by atoms with Crippen LogP contribution in [0.25, 0.3) is 22.2 Å². The number of aromatic nitrogens is 4. The van der Waals surface area contributed by atoms with Gasteiger partial charge in [0.2, 0.25) is 5.91 Å². The third-order valence-electron chi connectivity index (χ3n) is 5.30. The molecule has 1 amide bonds. The van der Waals surface area contributed by atoms with Gasteiger partial charge in [0.25, 0.3) is 0 Å². The first kappa shape index (κ1) is 17.7. The highest BCUT2D eigenvalue weighted by atomic mass is 16.1.